The zero-order valence-corrected chi connectivity index (χ0v) is 16.2. The summed E-state index contributed by atoms with van der Waals surface area (Å²) in [6, 6.07) is 6.48. The predicted molar refractivity (Wildman–Crippen MR) is 101 cm³/mol. The quantitative estimate of drug-likeness (QED) is 0.498. The molecule has 144 valence electrons. The number of aromatic nitrogens is 1. The summed E-state index contributed by atoms with van der Waals surface area (Å²) in [6.45, 7) is 6.64. The van der Waals surface area contributed by atoms with Crippen LogP contribution in [0.1, 0.15) is 75.6 Å². The van der Waals surface area contributed by atoms with Gasteiger partial charge in [-0.3, -0.25) is 24.2 Å². The number of nitrogens with zero attached hydrogens (tertiary/aromatic N) is 1. The summed E-state index contributed by atoms with van der Waals surface area (Å²) < 4.78 is 5.26. The lowest BCUT2D eigenvalue weighted by atomic mass is 9.81. The number of hydrogen-bond donors (Lipinski definition) is 0. The largest absolute Gasteiger partial charge is 0.461 e. The van der Waals surface area contributed by atoms with Crippen LogP contribution in [0, 0.1) is 11.8 Å². The Kier molecular flexibility index (Phi) is 5.23. The highest BCUT2D eigenvalue weighted by molar-refractivity contribution is 6.30. The van der Waals surface area contributed by atoms with E-state index < -0.39 is 23.5 Å². The number of fused-ring (bicyclic) bond motifs is 2. The molecular formula is C22H21NO5. The van der Waals surface area contributed by atoms with Gasteiger partial charge in [-0.2, -0.15) is 0 Å². The Bertz CT molecular complexity index is 1000. The molecule has 0 N–H and O–H groups in total. The normalized spacial score (nSPS) is 12.8. The second kappa shape index (κ2) is 7.46. The number of carbonyl (C=O) groups excluding carboxylic acids is 4. The molecule has 0 unspecified atom stereocenters. The van der Waals surface area contributed by atoms with E-state index in [0.717, 1.165) is 0 Å². The Balaban J connectivity index is 2.18. The zero-order valence-electron chi connectivity index (χ0n) is 16.2. The molecule has 1 aromatic carbocycles. The number of esters is 1. The van der Waals surface area contributed by atoms with E-state index in [9.17, 15) is 19.2 Å². The van der Waals surface area contributed by atoms with Gasteiger partial charge in [-0.25, -0.2) is 0 Å². The van der Waals surface area contributed by atoms with Crippen molar-refractivity contribution in [2.75, 3.05) is 0 Å². The number of ketones is 3. The summed E-state index contributed by atoms with van der Waals surface area (Å²) >= 11 is 0. The molecular weight excluding hydrogens is 358 g/mol. The standard InChI is InChI=1S/C22H21NO5/c1-11(2)19(24)16-13(10-28-22(27)12(3)4)9-23-18-17(16)20(25)14-7-5-6-8-15(14)21(18)26/h5-9,11-12H,10H2,1-4H3. The van der Waals surface area contributed by atoms with E-state index in [-0.39, 0.29) is 46.3 Å². The lowest BCUT2D eigenvalue weighted by Crippen LogP contribution is -2.28. The Morgan fingerprint density at radius 1 is 0.964 bits per heavy atom. The third kappa shape index (κ3) is 3.26. The average Bonchev–Trinajstić information content (AvgIpc) is 2.68. The van der Waals surface area contributed by atoms with Crippen molar-refractivity contribution in [2.45, 2.75) is 34.3 Å². The summed E-state index contributed by atoms with van der Waals surface area (Å²) in [5.74, 6) is -2.27. The number of hydrogen-bond acceptors (Lipinski definition) is 6. The Morgan fingerprint density at radius 3 is 2.14 bits per heavy atom. The maximum absolute atomic E-state index is 13.1. The molecule has 3 rings (SSSR count). The summed E-state index contributed by atoms with van der Waals surface area (Å²) in [7, 11) is 0. The van der Waals surface area contributed by atoms with E-state index in [2.05, 4.69) is 4.98 Å². The minimum absolute atomic E-state index is 0.000459. The molecule has 0 bridgehead atoms. The lowest BCUT2D eigenvalue weighted by Gasteiger charge is -2.22. The van der Waals surface area contributed by atoms with E-state index in [1.54, 1.807) is 52.0 Å². The van der Waals surface area contributed by atoms with Crippen LogP contribution in [-0.4, -0.2) is 28.3 Å². The zero-order chi connectivity index (χ0) is 20.6. The molecule has 0 spiro atoms. The summed E-state index contributed by atoms with van der Waals surface area (Å²) in [5, 5.41) is 0. The number of carbonyl (C=O) groups is 4. The number of pyridine rings is 1. The number of ether oxygens (including phenoxy) is 1. The van der Waals surface area contributed by atoms with Gasteiger partial charge >= 0.3 is 5.97 Å². The van der Waals surface area contributed by atoms with Crippen molar-refractivity contribution >= 4 is 23.3 Å². The summed E-state index contributed by atoms with van der Waals surface area (Å²) in [5.41, 5.74) is 0.925. The van der Waals surface area contributed by atoms with Gasteiger partial charge in [-0.1, -0.05) is 52.0 Å². The highest BCUT2D eigenvalue weighted by atomic mass is 16.5. The van der Waals surface area contributed by atoms with Crippen LogP contribution in [0.25, 0.3) is 0 Å². The van der Waals surface area contributed by atoms with E-state index in [4.69, 9.17) is 4.74 Å². The van der Waals surface area contributed by atoms with Gasteiger partial charge in [0.1, 0.15) is 12.3 Å². The maximum atomic E-state index is 13.1. The molecule has 1 aliphatic rings. The van der Waals surface area contributed by atoms with Crippen molar-refractivity contribution in [3.05, 3.63) is 64.0 Å². The van der Waals surface area contributed by atoms with Crippen LogP contribution in [-0.2, 0) is 16.1 Å². The Labute approximate surface area is 162 Å². The van der Waals surface area contributed by atoms with Gasteiger partial charge in [-0.15, -0.1) is 0 Å². The van der Waals surface area contributed by atoms with Crippen LogP contribution in [0.5, 0.6) is 0 Å². The monoisotopic (exact) mass is 379 g/mol. The predicted octanol–water partition coefficient (Wildman–Crippen LogP) is 3.39. The first kappa shape index (κ1) is 19.6. The lowest BCUT2D eigenvalue weighted by molar-refractivity contribution is -0.148. The van der Waals surface area contributed by atoms with Crippen LogP contribution in [0.2, 0.25) is 0 Å². The van der Waals surface area contributed by atoms with Crippen molar-refractivity contribution in [3.63, 3.8) is 0 Å². The molecule has 0 aliphatic heterocycles. The Morgan fingerprint density at radius 2 is 1.57 bits per heavy atom. The van der Waals surface area contributed by atoms with Crippen molar-refractivity contribution in [1.82, 2.24) is 4.98 Å². The molecule has 2 aromatic rings. The molecule has 28 heavy (non-hydrogen) atoms. The highest BCUT2D eigenvalue weighted by Gasteiger charge is 2.36. The topological polar surface area (TPSA) is 90.4 Å². The molecule has 0 atom stereocenters. The van der Waals surface area contributed by atoms with Gasteiger partial charge in [0.05, 0.1) is 11.5 Å². The van der Waals surface area contributed by atoms with Crippen molar-refractivity contribution in [3.8, 4) is 0 Å². The molecule has 0 saturated heterocycles. The van der Waals surface area contributed by atoms with Crippen molar-refractivity contribution in [1.29, 1.82) is 0 Å². The first-order valence-electron chi connectivity index (χ1n) is 9.15. The number of Topliss-reactive ketones (excluding diaryl/α,β-unsaturated/α-hetero) is 1. The second-order valence-corrected chi connectivity index (χ2v) is 7.37. The van der Waals surface area contributed by atoms with Crippen LogP contribution >= 0.6 is 0 Å². The summed E-state index contributed by atoms with van der Waals surface area (Å²) in [4.78, 5) is 55.0. The molecule has 1 aromatic heterocycles. The smallest absolute Gasteiger partial charge is 0.308 e. The van der Waals surface area contributed by atoms with Crippen LogP contribution in [0.3, 0.4) is 0 Å². The number of rotatable bonds is 5. The van der Waals surface area contributed by atoms with E-state index in [1.165, 1.54) is 6.20 Å². The first-order valence-corrected chi connectivity index (χ1v) is 9.15. The third-order valence-corrected chi connectivity index (χ3v) is 4.63. The van der Waals surface area contributed by atoms with E-state index in [0.29, 0.717) is 5.56 Å². The first-order chi connectivity index (χ1) is 13.2. The van der Waals surface area contributed by atoms with Gasteiger partial charge in [-0.05, 0) is 0 Å². The minimum Gasteiger partial charge on any atom is -0.461 e. The number of benzene rings is 1. The summed E-state index contributed by atoms with van der Waals surface area (Å²) in [6.07, 6.45) is 1.35. The van der Waals surface area contributed by atoms with Crippen LogP contribution in [0.15, 0.2) is 30.5 Å². The van der Waals surface area contributed by atoms with Crippen molar-refractivity contribution in [2.24, 2.45) is 11.8 Å². The third-order valence-electron chi connectivity index (χ3n) is 4.63. The molecule has 0 saturated carbocycles. The van der Waals surface area contributed by atoms with Gasteiger partial charge in [0.25, 0.3) is 0 Å². The SMILES string of the molecule is CC(C)C(=O)OCc1cnc2c(c1C(=O)C(C)C)C(=O)c1ccccc1C2=O. The fraction of sp³-hybridized carbons (Fsp3) is 0.318. The average molecular weight is 379 g/mol. The molecule has 1 aliphatic carbocycles. The second-order valence-electron chi connectivity index (χ2n) is 7.37. The molecule has 0 radical (unpaired) electrons. The van der Waals surface area contributed by atoms with Crippen molar-refractivity contribution < 1.29 is 23.9 Å². The van der Waals surface area contributed by atoms with Gasteiger partial charge in [0, 0.05) is 34.4 Å². The van der Waals surface area contributed by atoms with Gasteiger partial charge in [0.2, 0.25) is 5.78 Å². The minimum atomic E-state index is -0.423. The fourth-order valence-corrected chi connectivity index (χ4v) is 3.08. The highest BCUT2D eigenvalue weighted by Crippen LogP contribution is 2.31. The van der Waals surface area contributed by atoms with Gasteiger partial charge < -0.3 is 4.74 Å². The van der Waals surface area contributed by atoms with Crippen LogP contribution < -0.4 is 0 Å². The maximum Gasteiger partial charge on any atom is 0.308 e. The van der Waals surface area contributed by atoms with E-state index in [1.807, 2.05) is 0 Å². The molecule has 0 amide bonds. The van der Waals surface area contributed by atoms with Crippen LogP contribution in [0.4, 0.5) is 0 Å². The fourth-order valence-electron chi connectivity index (χ4n) is 3.08. The van der Waals surface area contributed by atoms with E-state index >= 15 is 0 Å². The molecule has 1 heterocycles. The molecule has 6 heteroatoms. The molecule has 0 fully saturated rings. The Hall–Kier alpha value is -3.15. The van der Waals surface area contributed by atoms with Gasteiger partial charge in [0.15, 0.2) is 11.6 Å². The molecule has 6 nitrogen and oxygen atoms in total.